The van der Waals surface area contributed by atoms with Gasteiger partial charge in [-0.25, -0.2) is 0 Å². The molecular weight excluding hydrogens is 162 g/mol. The highest BCUT2D eigenvalue weighted by Gasteiger charge is 2.20. The van der Waals surface area contributed by atoms with E-state index in [2.05, 4.69) is 12.1 Å². The van der Waals surface area contributed by atoms with Gasteiger partial charge in [0, 0.05) is 12.6 Å². The minimum absolute atomic E-state index is 0.213. The van der Waals surface area contributed by atoms with Gasteiger partial charge in [-0.05, 0) is 18.4 Å². The lowest BCUT2D eigenvalue weighted by atomic mass is 9.98. The van der Waals surface area contributed by atoms with Gasteiger partial charge in [0.15, 0.2) is 0 Å². The van der Waals surface area contributed by atoms with Crippen molar-refractivity contribution in [3.05, 3.63) is 35.9 Å². The van der Waals surface area contributed by atoms with Crippen LogP contribution in [0.4, 0.5) is 0 Å². The second kappa shape index (κ2) is 3.90. The first-order valence-corrected chi connectivity index (χ1v) is 4.78. The molecule has 1 aliphatic heterocycles. The number of nitrogens with two attached hydrogens (primary N) is 1. The van der Waals surface area contributed by atoms with Crippen molar-refractivity contribution in [3.8, 4) is 0 Å². The third-order valence-electron chi connectivity index (χ3n) is 2.50. The molecule has 1 aromatic rings. The molecule has 0 aromatic heterocycles. The molecule has 1 aromatic carbocycles. The molecule has 2 N–H and O–H groups in total. The number of hydrogen-bond acceptors (Lipinski definition) is 2. The second-order valence-electron chi connectivity index (χ2n) is 3.55. The molecule has 0 aliphatic carbocycles. The van der Waals surface area contributed by atoms with Crippen LogP contribution in [0.25, 0.3) is 0 Å². The quantitative estimate of drug-likeness (QED) is 0.710. The Morgan fingerprint density at radius 1 is 1.23 bits per heavy atom. The van der Waals surface area contributed by atoms with Gasteiger partial charge in [0.05, 0.1) is 6.10 Å². The Balaban J connectivity index is 2.08. The van der Waals surface area contributed by atoms with Crippen LogP contribution in [0.3, 0.4) is 0 Å². The lowest BCUT2D eigenvalue weighted by Crippen LogP contribution is -2.30. The van der Waals surface area contributed by atoms with E-state index in [4.69, 9.17) is 10.5 Å². The monoisotopic (exact) mass is 177 g/mol. The van der Waals surface area contributed by atoms with Crippen molar-refractivity contribution in [1.82, 2.24) is 0 Å². The highest BCUT2D eigenvalue weighted by molar-refractivity contribution is 5.18. The fraction of sp³-hybridized carbons (Fsp3) is 0.455. The van der Waals surface area contributed by atoms with Crippen molar-refractivity contribution in [1.29, 1.82) is 0 Å². The summed E-state index contributed by atoms with van der Waals surface area (Å²) >= 11 is 0. The van der Waals surface area contributed by atoms with Crippen LogP contribution >= 0.6 is 0 Å². The van der Waals surface area contributed by atoms with E-state index in [1.807, 2.05) is 18.2 Å². The van der Waals surface area contributed by atoms with Gasteiger partial charge >= 0.3 is 0 Å². The summed E-state index contributed by atoms with van der Waals surface area (Å²) in [5.74, 6) is 0. The number of hydrogen-bond donors (Lipinski definition) is 1. The first kappa shape index (κ1) is 8.73. The Labute approximate surface area is 78.7 Å². The van der Waals surface area contributed by atoms with Crippen molar-refractivity contribution in [2.24, 2.45) is 5.73 Å². The molecule has 0 bridgehead atoms. The molecular formula is C11H15NO. The lowest BCUT2D eigenvalue weighted by Gasteiger charge is -2.27. The maximum atomic E-state index is 5.88. The van der Waals surface area contributed by atoms with E-state index in [1.165, 1.54) is 5.56 Å². The van der Waals surface area contributed by atoms with Crippen molar-refractivity contribution < 1.29 is 4.74 Å². The summed E-state index contributed by atoms with van der Waals surface area (Å²) in [6.45, 7) is 0.792. The Morgan fingerprint density at radius 2 is 2.00 bits per heavy atom. The maximum absolute atomic E-state index is 5.88. The molecule has 1 heterocycles. The molecule has 0 unspecified atom stereocenters. The molecule has 0 amide bonds. The van der Waals surface area contributed by atoms with E-state index in [-0.39, 0.29) is 6.10 Å². The lowest BCUT2D eigenvalue weighted by molar-refractivity contribution is 0.00668. The molecule has 0 saturated carbocycles. The van der Waals surface area contributed by atoms with Crippen LogP contribution in [0.5, 0.6) is 0 Å². The molecule has 70 valence electrons. The Morgan fingerprint density at radius 3 is 2.69 bits per heavy atom. The minimum Gasteiger partial charge on any atom is -0.373 e. The zero-order valence-electron chi connectivity index (χ0n) is 7.65. The van der Waals surface area contributed by atoms with Gasteiger partial charge in [0.2, 0.25) is 0 Å². The summed E-state index contributed by atoms with van der Waals surface area (Å²) < 4.78 is 5.65. The number of rotatable bonds is 1. The van der Waals surface area contributed by atoms with E-state index in [0.29, 0.717) is 6.04 Å². The van der Waals surface area contributed by atoms with Crippen LogP contribution in [-0.2, 0) is 4.74 Å². The highest BCUT2D eigenvalue weighted by Crippen LogP contribution is 2.26. The van der Waals surface area contributed by atoms with Crippen LogP contribution in [-0.4, -0.2) is 12.6 Å². The molecule has 2 nitrogen and oxygen atoms in total. The summed E-state index contributed by atoms with van der Waals surface area (Å²) in [5, 5.41) is 0. The van der Waals surface area contributed by atoms with E-state index in [0.717, 1.165) is 19.4 Å². The van der Waals surface area contributed by atoms with Crippen LogP contribution in [0.1, 0.15) is 24.5 Å². The van der Waals surface area contributed by atoms with Crippen LogP contribution in [0, 0.1) is 0 Å². The van der Waals surface area contributed by atoms with E-state index >= 15 is 0 Å². The molecule has 1 fully saturated rings. The van der Waals surface area contributed by atoms with Gasteiger partial charge in [-0.1, -0.05) is 30.3 Å². The molecule has 2 rings (SSSR count). The molecule has 1 saturated heterocycles. The Bertz CT molecular complexity index is 260. The van der Waals surface area contributed by atoms with Gasteiger partial charge in [-0.3, -0.25) is 0 Å². The minimum atomic E-state index is 0.213. The number of ether oxygens (including phenoxy) is 1. The van der Waals surface area contributed by atoms with Crippen LogP contribution in [0.2, 0.25) is 0 Å². The van der Waals surface area contributed by atoms with Gasteiger partial charge in [-0.2, -0.15) is 0 Å². The zero-order chi connectivity index (χ0) is 9.10. The summed E-state index contributed by atoms with van der Waals surface area (Å²) in [4.78, 5) is 0. The summed E-state index contributed by atoms with van der Waals surface area (Å²) in [6.07, 6.45) is 2.15. The zero-order valence-corrected chi connectivity index (χ0v) is 7.65. The smallest absolute Gasteiger partial charge is 0.0839 e. The van der Waals surface area contributed by atoms with E-state index < -0.39 is 0 Å². The first-order valence-electron chi connectivity index (χ1n) is 4.78. The van der Waals surface area contributed by atoms with E-state index in [1.54, 1.807) is 0 Å². The summed E-state index contributed by atoms with van der Waals surface area (Å²) in [7, 11) is 0. The highest BCUT2D eigenvalue weighted by atomic mass is 16.5. The summed E-state index contributed by atoms with van der Waals surface area (Å²) in [5.41, 5.74) is 7.13. The molecule has 1 aliphatic rings. The van der Waals surface area contributed by atoms with Crippen LogP contribution in [0.15, 0.2) is 30.3 Å². The Hall–Kier alpha value is -0.860. The fourth-order valence-electron chi connectivity index (χ4n) is 1.72. The van der Waals surface area contributed by atoms with Gasteiger partial charge in [-0.15, -0.1) is 0 Å². The summed E-state index contributed by atoms with van der Waals surface area (Å²) in [6, 6.07) is 10.6. The standard InChI is InChI=1S/C11H15NO/c12-10-6-7-13-11(8-10)9-4-2-1-3-5-9/h1-5,10-11H,6-8,12H2/t10-,11+/m0/s1. The first-order chi connectivity index (χ1) is 6.36. The predicted octanol–water partition coefficient (Wildman–Crippen LogP) is 1.87. The topological polar surface area (TPSA) is 35.2 Å². The average Bonchev–Trinajstić information content (AvgIpc) is 2.19. The fourth-order valence-corrected chi connectivity index (χ4v) is 1.72. The predicted molar refractivity (Wildman–Crippen MR) is 52.3 cm³/mol. The van der Waals surface area contributed by atoms with Gasteiger partial charge in [0.25, 0.3) is 0 Å². The second-order valence-corrected chi connectivity index (χ2v) is 3.55. The third kappa shape index (κ3) is 2.08. The Kier molecular flexibility index (Phi) is 2.62. The third-order valence-corrected chi connectivity index (χ3v) is 2.50. The SMILES string of the molecule is N[C@H]1CCO[C@@H](c2ccccc2)C1. The van der Waals surface area contributed by atoms with Crippen LogP contribution < -0.4 is 5.73 Å². The molecule has 2 atom stereocenters. The molecule has 0 radical (unpaired) electrons. The van der Waals surface area contributed by atoms with Crippen molar-refractivity contribution in [2.75, 3.05) is 6.61 Å². The normalized spacial score (nSPS) is 28.7. The van der Waals surface area contributed by atoms with Crippen molar-refractivity contribution in [3.63, 3.8) is 0 Å². The van der Waals surface area contributed by atoms with Crippen molar-refractivity contribution >= 4 is 0 Å². The number of benzene rings is 1. The molecule has 0 spiro atoms. The van der Waals surface area contributed by atoms with Gasteiger partial charge in [0.1, 0.15) is 0 Å². The van der Waals surface area contributed by atoms with Crippen molar-refractivity contribution in [2.45, 2.75) is 25.0 Å². The molecule has 13 heavy (non-hydrogen) atoms. The maximum Gasteiger partial charge on any atom is 0.0839 e. The average molecular weight is 177 g/mol. The van der Waals surface area contributed by atoms with E-state index in [9.17, 15) is 0 Å². The molecule has 2 heteroatoms. The van der Waals surface area contributed by atoms with Gasteiger partial charge < -0.3 is 10.5 Å². The largest absolute Gasteiger partial charge is 0.373 e.